The van der Waals surface area contributed by atoms with Gasteiger partial charge >= 0.3 is 0 Å². The Morgan fingerprint density at radius 1 is 0.962 bits per heavy atom. The Kier molecular flexibility index (Phi) is 6.65. The predicted molar refractivity (Wildman–Crippen MR) is 108 cm³/mol. The lowest BCUT2D eigenvalue weighted by molar-refractivity contribution is 0.122. The van der Waals surface area contributed by atoms with Crippen molar-refractivity contribution in [1.82, 2.24) is 0 Å². The van der Waals surface area contributed by atoms with Crippen LogP contribution >= 0.6 is 24.0 Å². The highest BCUT2D eigenvalue weighted by atomic mass is 32.2. The van der Waals surface area contributed by atoms with Crippen molar-refractivity contribution in [1.29, 1.82) is 0 Å². The van der Waals surface area contributed by atoms with Crippen molar-refractivity contribution in [2.75, 3.05) is 41.8 Å². The highest BCUT2D eigenvalue weighted by Crippen LogP contribution is 2.26. The summed E-state index contributed by atoms with van der Waals surface area (Å²) in [5.74, 6) is -2.42. The van der Waals surface area contributed by atoms with Crippen LogP contribution in [0.1, 0.15) is 0 Å². The first-order chi connectivity index (χ1) is 12.6. The second kappa shape index (κ2) is 9.16. The standard InChI is InChI=1S/C18H19F2N3OS2/c19-17(20)26-16-7-3-14(4-8-16)22-18(25)21-13-1-5-15(6-2-13)23-9-11-24-12-10-23/h1-8,17H,9-12H2,(H2,21,22,25). The number of morpholine rings is 1. The van der Waals surface area contributed by atoms with Gasteiger partial charge < -0.3 is 20.3 Å². The molecular formula is C18H19F2N3OS2. The van der Waals surface area contributed by atoms with Crippen molar-refractivity contribution in [2.24, 2.45) is 0 Å². The minimum Gasteiger partial charge on any atom is -0.378 e. The van der Waals surface area contributed by atoms with Gasteiger partial charge in [0.15, 0.2) is 5.11 Å². The molecule has 2 N–H and O–H groups in total. The van der Waals surface area contributed by atoms with E-state index in [0.29, 0.717) is 21.8 Å². The Morgan fingerprint density at radius 2 is 1.50 bits per heavy atom. The zero-order valence-corrected chi connectivity index (χ0v) is 15.6. The molecule has 0 radical (unpaired) electrons. The largest absolute Gasteiger partial charge is 0.378 e. The number of alkyl halides is 2. The molecule has 1 aliphatic rings. The zero-order valence-electron chi connectivity index (χ0n) is 14.0. The van der Waals surface area contributed by atoms with Gasteiger partial charge in [-0.05, 0) is 60.7 Å². The fourth-order valence-electron chi connectivity index (χ4n) is 2.59. The van der Waals surface area contributed by atoms with Crippen LogP contribution in [-0.2, 0) is 4.74 Å². The second-order valence-corrected chi connectivity index (χ2v) is 7.10. The zero-order chi connectivity index (χ0) is 18.4. The van der Waals surface area contributed by atoms with Crippen molar-refractivity contribution >= 4 is 46.2 Å². The minimum absolute atomic E-state index is 0.443. The molecule has 0 spiro atoms. The number of nitrogens with zero attached hydrogens (tertiary/aromatic N) is 1. The van der Waals surface area contributed by atoms with Crippen LogP contribution in [0.3, 0.4) is 0 Å². The quantitative estimate of drug-likeness (QED) is 0.567. The number of thiocarbonyl (C=S) groups is 1. The molecule has 2 aromatic carbocycles. The Morgan fingerprint density at radius 3 is 2.04 bits per heavy atom. The van der Waals surface area contributed by atoms with Gasteiger partial charge in [0, 0.05) is 35.0 Å². The molecule has 1 fully saturated rings. The van der Waals surface area contributed by atoms with Gasteiger partial charge in [0.05, 0.1) is 13.2 Å². The lowest BCUT2D eigenvalue weighted by Crippen LogP contribution is -2.36. The molecule has 0 saturated carbocycles. The Hall–Kier alpha value is -1.90. The SMILES string of the molecule is FC(F)Sc1ccc(NC(=S)Nc2ccc(N3CCOCC3)cc2)cc1. The normalized spacial score (nSPS) is 14.3. The second-order valence-electron chi connectivity index (χ2n) is 5.63. The Balaban J connectivity index is 1.52. The topological polar surface area (TPSA) is 36.5 Å². The van der Waals surface area contributed by atoms with Crippen LogP contribution < -0.4 is 15.5 Å². The van der Waals surface area contributed by atoms with Crippen LogP contribution in [0, 0.1) is 0 Å². The minimum atomic E-state index is -2.42. The van der Waals surface area contributed by atoms with Crippen LogP contribution in [0.4, 0.5) is 25.8 Å². The average molecular weight is 396 g/mol. The molecule has 8 heteroatoms. The van der Waals surface area contributed by atoms with Gasteiger partial charge in [-0.15, -0.1) is 0 Å². The van der Waals surface area contributed by atoms with Crippen molar-refractivity contribution in [2.45, 2.75) is 10.7 Å². The molecule has 1 heterocycles. The van der Waals surface area contributed by atoms with E-state index in [2.05, 4.69) is 15.5 Å². The fraction of sp³-hybridized carbons (Fsp3) is 0.278. The van der Waals surface area contributed by atoms with Gasteiger partial charge in [-0.1, -0.05) is 11.8 Å². The first-order valence-corrected chi connectivity index (χ1v) is 9.44. The van der Waals surface area contributed by atoms with E-state index in [4.69, 9.17) is 17.0 Å². The smallest absolute Gasteiger partial charge is 0.288 e. The highest BCUT2D eigenvalue weighted by Gasteiger charge is 2.11. The summed E-state index contributed by atoms with van der Waals surface area (Å²) in [6.07, 6.45) is 0. The summed E-state index contributed by atoms with van der Waals surface area (Å²) in [7, 11) is 0. The van der Waals surface area contributed by atoms with Crippen molar-refractivity contribution < 1.29 is 13.5 Å². The van der Waals surface area contributed by atoms with Crippen LogP contribution in [0.25, 0.3) is 0 Å². The number of hydrogen-bond acceptors (Lipinski definition) is 4. The van der Waals surface area contributed by atoms with E-state index in [0.717, 1.165) is 43.4 Å². The lowest BCUT2D eigenvalue weighted by Gasteiger charge is -2.29. The molecule has 0 aliphatic carbocycles. The summed E-state index contributed by atoms with van der Waals surface area (Å²) in [6, 6.07) is 14.8. The number of halogens is 2. The van der Waals surface area contributed by atoms with Gasteiger partial charge in [0.2, 0.25) is 0 Å². The number of anilines is 3. The van der Waals surface area contributed by atoms with Gasteiger partial charge in [-0.25, -0.2) is 0 Å². The van der Waals surface area contributed by atoms with E-state index in [1.54, 1.807) is 24.3 Å². The van der Waals surface area contributed by atoms with E-state index in [1.165, 1.54) is 0 Å². The number of thioether (sulfide) groups is 1. The molecule has 1 aliphatic heterocycles. The number of rotatable bonds is 5. The molecule has 0 amide bonds. The third kappa shape index (κ3) is 5.55. The van der Waals surface area contributed by atoms with Crippen LogP contribution in [0.2, 0.25) is 0 Å². The number of benzene rings is 2. The van der Waals surface area contributed by atoms with Crippen molar-refractivity contribution in [3.63, 3.8) is 0 Å². The summed E-state index contributed by atoms with van der Waals surface area (Å²) >= 11 is 5.82. The van der Waals surface area contributed by atoms with Crippen LogP contribution in [0.15, 0.2) is 53.4 Å². The number of hydrogen-bond donors (Lipinski definition) is 2. The van der Waals surface area contributed by atoms with E-state index in [-0.39, 0.29) is 0 Å². The van der Waals surface area contributed by atoms with Gasteiger partial charge in [0.25, 0.3) is 5.76 Å². The Bertz CT molecular complexity index is 720. The van der Waals surface area contributed by atoms with Crippen molar-refractivity contribution in [3.8, 4) is 0 Å². The summed E-state index contributed by atoms with van der Waals surface area (Å²) in [4.78, 5) is 2.80. The predicted octanol–water partition coefficient (Wildman–Crippen LogP) is 4.65. The van der Waals surface area contributed by atoms with Gasteiger partial charge in [-0.2, -0.15) is 8.78 Å². The molecular weight excluding hydrogens is 376 g/mol. The van der Waals surface area contributed by atoms with E-state index >= 15 is 0 Å². The average Bonchev–Trinajstić information content (AvgIpc) is 2.64. The summed E-state index contributed by atoms with van der Waals surface area (Å²) in [6.45, 7) is 3.30. The molecule has 0 atom stereocenters. The molecule has 0 unspecified atom stereocenters. The highest BCUT2D eigenvalue weighted by molar-refractivity contribution is 7.99. The first-order valence-electron chi connectivity index (χ1n) is 8.16. The maximum Gasteiger partial charge on any atom is 0.288 e. The maximum absolute atomic E-state index is 12.3. The molecule has 0 aromatic heterocycles. The van der Waals surface area contributed by atoms with E-state index in [9.17, 15) is 8.78 Å². The molecule has 1 saturated heterocycles. The van der Waals surface area contributed by atoms with Gasteiger partial charge in [0.1, 0.15) is 0 Å². The summed E-state index contributed by atoms with van der Waals surface area (Å²) in [5.41, 5.74) is 2.78. The summed E-state index contributed by atoms with van der Waals surface area (Å²) in [5, 5.41) is 6.61. The van der Waals surface area contributed by atoms with Crippen LogP contribution in [-0.4, -0.2) is 37.2 Å². The van der Waals surface area contributed by atoms with Gasteiger partial charge in [-0.3, -0.25) is 0 Å². The molecule has 2 aromatic rings. The monoisotopic (exact) mass is 395 g/mol. The van der Waals surface area contributed by atoms with E-state index < -0.39 is 5.76 Å². The molecule has 138 valence electrons. The first kappa shape index (κ1) is 18.9. The summed E-state index contributed by atoms with van der Waals surface area (Å²) < 4.78 is 30.0. The van der Waals surface area contributed by atoms with E-state index in [1.807, 2.05) is 24.3 Å². The number of ether oxygens (including phenoxy) is 1. The third-order valence-corrected chi connectivity index (χ3v) is 4.77. The number of nitrogens with one attached hydrogen (secondary N) is 2. The van der Waals surface area contributed by atoms with Crippen molar-refractivity contribution in [3.05, 3.63) is 48.5 Å². The fourth-order valence-corrected chi connectivity index (χ4v) is 3.32. The maximum atomic E-state index is 12.3. The Labute approximate surface area is 160 Å². The lowest BCUT2D eigenvalue weighted by atomic mass is 10.2. The molecule has 0 bridgehead atoms. The molecule has 3 rings (SSSR count). The third-order valence-electron chi connectivity index (χ3n) is 3.84. The molecule has 26 heavy (non-hydrogen) atoms. The molecule has 4 nitrogen and oxygen atoms in total. The van der Waals surface area contributed by atoms with Crippen LogP contribution in [0.5, 0.6) is 0 Å².